The molecule has 0 bridgehead atoms. The molecule has 0 saturated heterocycles. The molecule has 0 aliphatic rings. The molecule has 0 aliphatic carbocycles. The Bertz CT molecular complexity index is 1160. The Hall–Kier alpha value is -4.17. The van der Waals surface area contributed by atoms with E-state index in [2.05, 4.69) is 15.8 Å². The van der Waals surface area contributed by atoms with Gasteiger partial charge in [0.2, 0.25) is 0 Å². The van der Waals surface area contributed by atoms with Gasteiger partial charge in [0, 0.05) is 10.7 Å². The van der Waals surface area contributed by atoms with Crippen LogP contribution in [0.3, 0.4) is 0 Å². The largest absolute Gasteiger partial charge is 0.494 e. The summed E-state index contributed by atoms with van der Waals surface area (Å²) in [5, 5.41) is 6.70. The van der Waals surface area contributed by atoms with E-state index in [0.29, 0.717) is 39.9 Å². The highest BCUT2D eigenvalue weighted by Gasteiger charge is 2.13. The number of amides is 2. The Labute approximate surface area is 201 Å². The molecule has 3 aromatic rings. The van der Waals surface area contributed by atoms with Crippen LogP contribution in [0, 0.1) is 0 Å². The summed E-state index contributed by atoms with van der Waals surface area (Å²) in [4.78, 5) is 36.0. The molecule has 9 heteroatoms. The van der Waals surface area contributed by atoms with Crippen LogP contribution in [0.25, 0.3) is 0 Å². The molecule has 2 amide bonds. The van der Waals surface area contributed by atoms with Gasteiger partial charge >= 0.3 is 17.8 Å². The molecule has 0 unspecified atom stereocenters. The summed E-state index contributed by atoms with van der Waals surface area (Å²) < 4.78 is 10.9. The quantitative estimate of drug-likeness (QED) is 0.163. The normalized spacial score (nSPS) is 10.5. The molecule has 0 aromatic heterocycles. The number of nitrogens with one attached hydrogen (secondary N) is 2. The van der Waals surface area contributed by atoms with Crippen molar-refractivity contribution in [1.82, 2.24) is 5.43 Å². The van der Waals surface area contributed by atoms with E-state index in [1.807, 2.05) is 6.92 Å². The Morgan fingerprint density at radius 2 is 1.53 bits per heavy atom. The number of rotatable bonds is 8. The molecule has 2 N–H and O–H groups in total. The molecule has 3 aromatic carbocycles. The maximum absolute atomic E-state index is 12.3. The minimum Gasteiger partial charge on any atom is -0.494 e. The number of nitrogens with zero attached hydrogens (tertiary/aromatic N) is 1. The first-order valence-electron chi connectivity index (χ1n) is 10.4. The van der Waals surface area contributed by atoms with Gasteiger partial charge in [-0.2, -0.15) is 5.10 Å². The first-order valence-corrected chi connectivity index (χ1v) is 10.8. The number of hydrazone groups is 1. The van der Waals surface area contributed by atoms with Crippen LogP contribution in [0.1, 0.15) is 29.3 Å². The van der Waals surface area contributed by atoms with Gasteiger partial charge in [-0.3, -0.25) is 9.59 Å². The summed E-state index contributed by atoms with van der Waals surface area (Å²) in [7, 11) is 0. The van der Waals surface area contributed by atoms with E-state index in [4.69, 9.17) is 21.1 Å². The summed E-state index contributed by atoms with van der Waals surface area (Å²) in [6.07, 6.45) is 2.25. The van der Waals surface area contributed by atoms with Crippen LogP contribution in [0.2, 0.25) is 5.02 Å². The van der Waals surface area contributed by atoms with Gasteiger partial charge in [0.05, 0.1) is 18.4 Å². The van der Waals surface area contributed by atoms with E-state index in [9.17, 15) is 14.4 Å². The van der Waals surface area contributed by atoms with Crippen LogP contribution in [0.4, 0.5) is 5.69 Å². The molecule has 0 spiro atoms. The fraction of sp³-hybridized carbons (Fsp3) is 0.120. The number of halogens is 1. The molecule has 0 aliphatic heterocycles. The number of esters is 1. The summed E-state index contributed by atoms with van der Waals surface area (Å²) in [6, 6.07) is 19.5. The number of hydrogen-bond donors (Lipinski definition) is 2. The minimum atomic E-state index is -0.928. The second-order valence-electron chi connectivity index (χ2n) is 6.99. The van der Waals surface area contributed by atoms with E-state index < -0.39 is 17.8 Å². The molecule has 0 radical (unpaired) electrons. The Morgan fingerprint density at radius 1 is 0.882 bits per heavy atom. The summed E-state index contributed by atoms with van der Waals surface area (Å²) in [5.74, 6) is -1.26. The third kappa shape index (κ3) is 7.46. The van der Waals surface area contributed by atoms with Crippen molar-refractivity contribution in [2.45, 2.75) is 13.3 Å². The third-order valence-corrected chi connectivity index (χ3v) is 4.59. The van der Waals surface area contributed by atoms with Crippen molar-refractivity contribution in [3.8, 4) is 11.5 Å². The predicted octanol–water partition coefficient (Wildman–Crippen LogP) is 4.44. The van der Waals surface area contributed by atoms with Gasteiger partial charge in [0.25, 0.3) is 0 Å². The topological polar surface area (TPSA) is 106 Å². The van der Waals surface area contributed by atoms with Gasteiger partial charge in [0.15, 0.2) is 0 Å². The molecular formula is C25H22ClN3O5. The fourth-order valence-electron chi connectivity index (χ4n) is 2.63. The van der Waals surface area contributed by atoms with Crippen molar-refractivity contribution >= 4 is 41.3 Å². The number of benzene rings is 3. The lowest BCUT2D eigenvalue weighted by molar-refractivity contribution is -0.136. The minimum absolute atomic E-state index is 0.347. The predicted molar refractivity (Wildman–Crippen MR) is 129 cm³/mol. The zero-order chi connectivity index (χ0) is 24.3. The molecule has 0 heterocycles. The van der Waals surface area contributed by atoms with Gasteiger partial charge in [0.1, 0.15) is 11.5 Å². The highest BCUT2D eigenvalue weighted by Crippen LogP contribution is 2.17. The van der Waals surface area contributed by atoms with E-state index in [-0.39, 0.29) is 0 Å². The molecule has 174 valence electrons. The Balaban J connectivity index is 1.48. The fourth-order valence-corrected chi connectivity index (χ4v) is 2.76. The number of ether oxygens (including phenoxy) is 2. The maximum Gasteiger partial charge on any atom is 0.343 e. The SMILES string of the molecule is CCCOc1ccc(C(=O)Oc2ccc(C=NNC(=O)C(=O)Nc3ccc(Cl)cc3)cc2)cc1. The summed E-state index contributed by atoms with van der Waals surface area (Å²) in [5.41, 5.74) is 3.59. The smallest absolute Gasteiger partial charge is 0.343 e. The van der Waals surface area contributed by atoms with Crippen LogP contribution < -0.4 is 20.2 Å². The van der Waals surface area contributed by atoms with Gasteiger partial charge in [-0.15, -0.1) is 0 Å². The molecule has 34 heavy (non-hydrogen) atoms. The average molecular weight is 480 g/mol. The van der Waals surface area contributed by atoms with Gasteiger partial charge in [-0.1, -0.05) is 18.5 Å². The lowest BCUT2D eigenvalue weighted by atomic mass is 10.2. The van der Waals surface area contributed by atoms with E-state index in [1.54, 1.807) is 72.8 Å². The van der Waals surface area contributed by atoms with Crippen molar-refractivity contribution in [3.63, 3.8) is 0 Å². The van der Waals surface area contributed by atoms with Gasteiger partial charge in [-0.25, -0.2) is 10.2 Å². The van der Waals surface area contributed by atoms with Crippen LogP contribution in [0.5, 0.6) is 11.5 Å². The second-order valence-corrected chi connectivity index (χ2v) is 7.43. The van der Waals surface area contributed by atoms with Crippen LogP contribution in [-0.4, -0.2) is 30.6 Å². The second kappa shape index (κ2) is 12.2. The number of hydrogen-bond acceptors (Lipinski definition) is 6. The summed E-state index contributed by atoms with van der Waals surface area (Å²) in [6.45, 7) is 2.63. The highest BCUT2D eigenvalue weighted by atomic mass is 35.5. The van der Waals surface area contributed by atoms with Crippen molar-refractivity contribution < 1.29 is 23.9 Å². The van der Waals surface area contributed by atoms with E-state index in [0.717, 1.165) is 6.42 Å². The maximum atomic E-state index is 12.3. The lowest BCUT2D eigenvalue weighted by Crippen LogP contribution is -2.32. The average Bonchev–Trinajstić information content (AvgIpc) is 2.85. The van der Waals surface area contributed by atoms with E-state index in [1.165, 1.54) is 6.21 Å². The van der Waals surface area contributed by atoms with Crippen molar-refractivity contribution in [2.24, 2.45) is 5.10 Å². The van der Waals surface area contributed by atoms with E-state index >= 15 is 0 Å². The Kier molecular flexibility index (Phi) is 8.76. The van der Waals surface area contributed by atoms with Gasteiger partial charge in [-0.05, 0) is 84.8 Å². The number of carbonyl (C=O) groups is 3. The molecule has 8 nitrogen and oxygen atoms in total. The van der Waals surface area contributed by atoms with Crippen LogP contribution in [0.15, 0.2) is 77.9 Å². The molecule has 3 rings (SSSR count). The first-order chi connectivity index (χ1) is 16.4. The third-order valence-electron chi connectivity index (χ3n) is 4.34. The van der Waals surface area contributed by atoms with Crippen LogP contribution in [-0.2, 0) is 9.59 Å². The zero-order valence-corrected chi connectivity index (χ0v) is 19.0. The molecular weight excluding hydrogens is 458 g/mol. The molecule has 0 fully saturated rings. The zero-order valence-electron chi connectivity index (χ0n) is 18.3. The van der Waals surface area contributed by atoms with Crippen molar-refractivity contribution in [2.75, 3.05) is 11.9 Å². The standard InChI is InChI=1S/C25H22ClN3O5/c1-2-15-33-21-13-5-18(6-14-21)25(32)34-22-11-3-17(4-12-22)16-27-29-24(31)23(30)28-20-9-7-19(26)8-10-20/h3-14,16H,2,15H2,1H3,(H,28,30)(H,29,31). The molecule has 0 saturated carbocycles. The highest BCUT2D eigenvalue weighted by molar-refractivity contribution is 6.39. The molecule has 0 atom stereocenters. The van der Waals surface area contributed by atoms with Crippen LogP contribution >= 0.6 is 11.6 Å². The van der Waals surface area contributed by atoms with Crippen molar-refractivity contribution in [1.29, 1.82) is 0 Å². The van der Waals surface area contributed by atoms with Crippen molar-refractivity contribution in [3.05, 3.63) is 88.9 Å². The lowest BCUT2D eigenvalue weighted by Gasteiger charge is -2.07. The number of anilines is 1. The Morgan fingerprint density at radius 3 is 2.18 bits per heavy atom. The number of carbonyl (C=O) groups excluding carboxylic acids is 3. The summed E-state index contributed by atoms with van der Waals surface area (Å²) >= 11 is 5.78. The first kappa shape index (κ1) is 24.5. The monoisotopic (exact) mass is 479 g/mol. The van der Waals surface area contributed by atoms with Gasteiger partial charge < -0.3 is 14.8 Å².